The molecule has 0 atom stereocenters. The average Bonchev–Trinajstić information content (AvgIpc) is 2.55. The zero-order valence-electron chi connectivity index (χ0n) is 15.1. The van der Waals surface area contributed by atoms with Crippen molar-refractivity contribution in [2.75, 3.05) is 30.9 Å². The van der Waals surface area contributed by atoms with Crippen molar-refractivity contribution in [2.24, 2.45) is 5.92 Å². The van der Waals surface area contributed by atoms with Crippen molar-refractivity contribution in [3.05, 3.63) is 34.6 Å². The van der Waals surface area contributed by atoms with Gasteiger partial charge in [-0.3, -0.25) is 4.79 Å². The largest absolute Gasteiger partial charge is 0.355 e. The summed E-state index contributed by atoms with van der Waals surface area (Å²) in [6.07, 6.45) is 0. The van der Waals surface area contributed by atoms with E-state index in [9.17, 15) is 4.79 Å². The minimum absolute atomic E-state index is 0.114. The zero-order chi connectivity index (χ0) is 18.6. The van der Waals surface area contributed by atoms with Crippen LogP contribution in [0, 0.1) is 12.8 Å². The molecular formula is C17H23ClN6O. The van der Waals surface area contributed by atoms with Crippen molar-refractivity contribution in [1.29, 1.82) is 0 Å². The van der Waals surface area contributed by atoms with Crippen molar-refractivity contribution in [3.63, 3.8) is 0 Å². The highest BCUT2D eigenvalue weighted by Gasteiger charge is 2.12. The van der Waals surface area contributed by atoms with Crippen molar-refractivity contribution in [2.45, 2.75) is 20.8 Å². The maximum Gasteiger partial charge on any atom is 0.251 e. The summed E-state index contributed by atoms with van der Waals surface area (Å²) in [5, 5.41) is 5.85. The molecule has 0 bridgehead atoms. The molecule has 0 aliphatic rings. The van der Waals surface area contributed by atoms with Crippen molar-refractivity contribution in [3.8, 4) is 0 Å². The van der Waals surface area contributed by atoms with Crippen LogP contribution in [0.4, 0.5) is 17.6 Å². The summed E-state index contributed by atoms with van der Waals surface area (Å²) in [7, 11) is 3.50. The summed E-state index contributed by atoms with van der Waals surface area (Å²) in [5.74, 6) is 1.14. The average molecular weight is 363 g/mol. The second-order valence-corrected chi connectivity index (χ2v) is 6.57. The van der Waals surface area contributed by atoms with Gasteiger partial charge >= 0.3 is 0 Å². The maximum absolute atomic E-state index is 11.8. The predicted molar refractivity (Wildman–Crippen MR) is 101 cm³/mol. The smallest absolute Gasteiger partial charge is 0.251 e. The van der Waals surface area contributed by atoms with Gasteiger partial charge in [-0.1, -0.05) is 19.9 Å². The number of amides is 1. The molecule has 0 aliphatic carbocycles. The van der Waals surface area contributed by atoms with E-state index in [-0.39, 0.29) is 11.2 Å². The summed E-state index contributed by atoms with van der Waals surface area (Å²) < 4.78 is 0. The summed E-state index contributed by atoms with van der Waals surface area (Å²) in [6.45, 7) is 6.97. The quantitative estimate of drug-likeness (QED) is 0.821. The van der Waals surface area contributed by atoms with E-state index in [4.69, 9.17) is 11.6 Å². The lowest BCUT2D eigenvalue weighted by atomic mass is 10.1. The molecule has 0 saturated heterocycles. The van der Waals surface area contributed by atoms with Gasteiger partial charge in [0.15, 0.2) is 0 Å². The first-order valence-corrected chi connectivity index (χ1v) is 8.40. The van der Waals surface area contributed by atoms with E-state index in [1.54, 1.807) is 19.2 Å². The molecule has 7 nitrogen and oxygen atoms in total. The lowest BCUT2D eigenvalue weighted by Gasteiger charge is -2.19. The molecule has 0 unspecified atom stereocenters. The lowest BCUT2D eigenvalue weighted by molar-refractivity contribution is 0.0963. The summed E-state index contributed by atoms with van der Waals surface area (Å²) in [4.78, 5) is 26.5. The van der Waals surface area contributed by atoms with Gasteiger partial charge in [0, 0.05) is 31.9 Å². The number of carbonyl (C=O) groups excluding carboxylic acids is 1. The molecule has 134 valence electrons. The SMILES string of the molecule is CNC(=O)c1ccc(C)c(Nc2nc(Cl)nc(N(C)CC(C)C)n2)c1. The molecule has 2 aromatic rings. The first-order valence-electron chi connectivity index (χ1n) is 8.02. The zero-order valence-corrected chi connectivity index (χ0v) is 15.8. The minimum Gasteiger partial charge on any atom is -0.355 e. The Morgan fingerprint density at radius 3 is 2.64 bits per heavy atom. The van der Waals surface area contributed by atoms with E-state index in [0.29, 0.717) is 23.4 Å². The van der Waals surface area contributed by atoms with E-state index < -0.39 is 0 Å². The van der Waals surface area contributed by atoms with Crippen LogP contribution in [0.1, 0.15) is 29.8 Å². The second-order valence-electron chi connectivity index (χ2n) is 6.24. The monoisotopic (exact) mass is 362 g/mol. The molecule has 1 aromatic carbocycles. The maximum atomic E-state index is 11.8. The Balaban J connectivity index is 2.31. The number of aromatic nitrogens is 3. The predicted octanol–water partition coefficient (Wildman–Crippen LogP) is 3.03. The van der Waals surface area contributed by atoms with Crippen LogP contribution in [0.2, 0.25) is 5.28 Å². The number of halogens is 1. The summed E-state index contributed by atoms with van der Waals surface area (Å²) >= 11 is 6.05. The Hall–Kier alpha value is -2.41. The number of carbonyl (C=O) groups is 1. The lowest BCUT2D eigenvalue weighted by Crippen LogP contribution is -2.25. The molecule has 0 spiro atoms. The van der Waals surface area contributed by atoms with Gasteiger partial charge < -0.3 is 15.5 Å². The number of nitrogens with one attached hydrogen (secondary N) is 2. The Morgan fingerprint density at radius 2 is 2.00 bits per heavy atom. The van der Waals surface area contributed by atoms with E-state index in [2.05, 4.69) is 39.4 Å². The normalized spacial score (nSPS) is 10.7. The third-order valence-corrected chi connectivity index (χ3v) is 3.72. The molecular weight excluding hydrogens is 340 g/mol. The molecule has 2 rings (SSSR count). The Bertz CT molecular complexity index is 765. The van der Waals surface area contributed by atoms with Crippen molar-refractivity contribution >= 4 is 35.1 Å². The number of rotatable bonds is 6. The molecule has 2 N–H and O–H groups in total. The third-order valence-electron chi connectivity index (χ3n) is 3.55. The van der Waals surface area contributed by atoms with Crippen LogP contribution in [-0.4, -0.2) is 41.5 Å². The minimum atomic E-state index is -0.158. The number of hydrogen-bond acceptors (Lipinski definition) is 6. The first-order chi connectivity index (χ1) is 11.8. The molecule has 1 heterocycles. The topological polar surface area (TPSA) is 83.0 Å². The van der Waals surface area contributed by atoms with E-state index in [1.165, 1.54) is 0 Å². The van der Waals surface area contributed by atoms with Gasteiger partial charge in [0.2, 0.25) is 17.2 Å². The molecule has 1 amide bonds. The number of benzene rings is 1. The number of aryl methyl sites for hydroxylation is 1. The van der Waals surface area contributed by atoms with Gasteiger partial charge in [-0.15, -0.1) is 0 Å². The van der Waals surface area contributed by atoms with Crippen LogP contribution in [0.25, 0.3) is 0 Å². The second kappa shape index (κ2) is 8.11. The molecule has 0 saturated carbocycles. The fraction of sp³-hybridized carbons (Fsp3) is 0.412. The molecule has 25 heavy (non-hydrogen) atoms. The summed E-state index contributed by atoms with van der Waals surface area (Å²) in [5.41, 5.74) is 2.25. The number of hydrogen-bond donors (Lipinski definition) is 2. The van der Waals surface area contributed by atoms with Gasteiger partial charge in [0.25, 0.3) is 5.91 Å². The molecule has 8 heteroatoms. The Kier molecular flexibility index (Phi) is 6.14. The number of nitrogens with zero attached hydrogens (tertiary/aromatic N) is 4. The number of anilines is 3. The van der Waals surface area contributed by atoms with Crippen LogP contribution in [-0.2, 0) is 0 Å². The highest BCUT2D eigenvalue weighted by atomic mass is 35.5. The van der Waals surface area contributed by atoms with Crippen LogP contribution in [0.5, 0.6) is 0 Å². The van der Waals surface area contributed by atoms with Crippen molar-refractivity contribution in [1.82, 2.24) is 20.3 Å². The molecule has 0 aliphatic heterocycles. The van der Waals surface area contributed by atoms with E-state index in [0.717, 1.165) is 17.8 Å². The first kappa shape index (κ1) is 18.9. The highest BCUT2D eigenvalue weighted by molar-refractivity contribution is 6.28. The van der Waals surface area contributed by atoms with Crippen LogP contribution >= 0.6 is 11.6 Å². The van der Waals surface area contributed by atoms with Crippen LogP contribution < -0.4 is 15.5 Å². The Morgan fingerprint density at radius 1 is 1.28 bits per heavy atom. The highest BCUT2D eigenvalue weighted by Crippen LogP contribution is 2.22. The third kappa shape index (κ3) is 5.03. The summed E-state index contributed by atoms with van der Waals surface area (Å²) in [6, 6.07) is 5.38. The standard InChI is InChI=1S/C17H23ClN6O/c1-10(2)9-24(5)17-22-15(18)21-16(23-17)20-13-8-12(14(25)19-4)7-6-11(13)3/h6-8,10H,9H2,1-5H3,(H,19,25)(H,20,21,22,23). The van der Waals surface area contributed by atoms with Gasteiger partial charge in [-0.25, -0.2) is 0 Å². The van der Waals surface area contributed by atoms with Gasteiger partial charge in [0.05, 0.1) is 0 Å². The Labute approximate surface area is 152 Å². The van der Waals surface area contributed by atoms with Gasteiger partial charge in [0.1, 0.15) is 0 Å². The van der Waals surface area contributed by atoms with Crippen LogP contribution in [0.3, 0.4) is 0 Å². The molecule has 1 aromatic heterocycles. The van der Waals surface area contributed by atoms with E-state index in [1.807, 2.05) is 24.9 Å². The molecule has 0 radical (unpaired) electrons. The van der Waals surface area contributed by atoms with E-state index >= 15 is 0 Å². The van der Waals surface area contributed by atoms with Gasteiger partial charge in [-0.05, 0) is 42.1 Å². The fourth-order valence-electron chi connectivity index (χ4n) is 2.36. The van der Waals surface area contributed by atoms with Gasteiger partial charge in [-0.2, -0.15) is 15.0 Å². The molecule has 0 fully saturated rings. The van der Waals surface area contributed by atoms with Crippen molar-refractivity contribution < 1.29 is 4.79 Å². The fourth-order valence-corrected chi connectivity index (χ4v) is 2.51. The van der Waals surface area contributed by atoms with Crippen LogP contribution in [0.15, 0.2) is 18.2 Å².